The zero-order valence-corrected chi connectivity index (χ0v) is 12.6. The first-order valence-electron chi connectivity index (χ1n) is 6.49. The van der Waals surface area contributed by atoms with Gasteiger partial charge in [-0.3, -0.25) is 4.98 Å². The fourth-order valence-corrected chi connectivity index (χ4v) is 2.47. The van der Waals surface area contributed by atoms with Gasteiger partial charge in [-0.15, -0.1) is 0 Å². The Kier molecular flexibility index (Phi) is 3.95. The van der Waals surface area contributed by atoms with E-state index in [-0.39, 0.29) is 11.5 Å². The van der Waals surface area contributed by atoms with Crippen LogP contribution in [0, 0.1) is 6.92 Å². The number of nitrogens with zero attached hydrogens (tertiary/aromatic N) is 4. The van der Waals surface area contributed by atoms with Crippen LogP contribution in [0.4, 0.5) is 24.1 Å². The number of alkyl halides is 3. The van der Waals surface area contributed by atoms with Gasteiger partial charge in [0.25, 0.3) is 0 Å². The molecule has 0 atom stereocenters. The molecule has 3 rings (SSSR count). The van der Waals surface area contributed by atoms with E-state index in [9.17, 15) is 13.2 Å². The van der Waals surface area contributed by atoms with Gasteiger partial charge in [-0.1, -0.05) is 0 Å². The number of anilines is 2. The Bertz CT molecular complexity index is 831. The van der Waals surface area contributed by atoms with E-state index in [2.05, 4.69) is 24.6 Å². The quantitative estimate of drug-likeness (QED) is 0.781. The van der Waals surface area contributed by atoms with Gasteiger partial charge in [0, 0.05) is 23.9 Å². The van der Waals surface area contributed by atoms with Crippen LogP contribution in [0.25, 0.3) is 11.5 Å². The van der Waals surface area contributed by atoms with Gasteiger partial charge in [0.2, 0.25) is 5.13 Å². The summed E-state index contributed by atoms with van der Waals surface area (Å²) in [7, 11) is 0. The van der Waals surface area contributed by atoms with Crippen LogP contribution in [0.1, 0.15) is 11.1 Å². The molecule has 118 valence electrons. The lowest BCUT2D eigenvalue weighted by molar-refractivity contribution is -0.137. The van der Waals surface area contributed by atoms with E-state index in [1.165, 1.54) is 12.3 Å². The molecule has 0 aliphatic rings. The molecule has 0 bridgehead atoms. The maximum atomic E-state index is 13.0. The van der Waals surface area contributed by atoms with Crippen molar-refractivity contribution < 1.29 is 13.2 Å². The second kappa shape index (κ2) is 5.92. The predicted octanol–water partition coefficient (Wildman–Crippen LogP) is 4.07. The smallest absolute Gasteiger partial charge is 0.315 e. The largest absolute Gasteiger partial charge is 0.418 e. The summed E-state index contributed by atoms with van der Waals surface area (Å²) >= 11 is 0.945. The van der Waals surface area contributed by atoms with E-state index >= 15 is 0 Å². The number of pyridine rings is 2. The van der Waals surface area contributed by atoms with Gasteiger partial charge in [0.15, 0.2) is 5.82 Å². The molecule has 0 spiro atoms. The molecule has 0 unspecified atom stereocenters. The van der Waals surface area contributed by atoms with Crippen LogP contribution in [0.15, 0.2) is 36.7 Å². The van der Waals surface area contributed by atoms with E-state index < -0.39 is 11.7 Å². The third-order valence-electron chi connectivity index (χ3n) is 2.90. The Labute approximate surface area is 133 Å². The van der Waals surface area contributed by atoms with Gasteiger partial charge >= 0.3 is 6.18 Å². The maximum Gasteiger partial charge on any atom is 0.418 e. The van der Waals surface area contributed by atoms with Crippen molar-refractivity contribution in [3.63, 3.8) is 0 Å². The lowest BCUT2D eigenvalue weighted by Gasteiger charge is -2.08. The molecule has 0 amide bonds. The summed E-state index contributed by atoms with van der Waals surface area (Å²) in [5.41, 5.74) is -0.157. The van der Waals surface area contributed by atoms with Crippen LogP contribution in [-0.4, -0.2) is 19.3 Å². The van der Waals surface area contributed by atoms with Crippen molar-refractivity contribution in [2.24, 2.45) is 0 Å². The highest BCUT2D eigenvalue weighted by molar-refractivity contribution is 7.09. The molecule has 0 radical (unpaired) electrons. The number of nitrogens with one attached hydrogen (secondary N) is 1. The minimum atomic E-state index is -4.51. The molecular formula is C14H10F3N5S. The Morgan fingerprint density at radius 3 is 2.70 bits per heavy atom. The van der Waals surface area contributed by atoms with Crippen LogP contribution in [0.2, 0.25) is 0 Å². The molecule has 0 fully saturated rings. The standard InChI is InChI=1S/C14H10F3N5S/c1-8-4-6-18-10(7-8)20-13-21-12(22-23-13)11-9(14(15,16)17)3-2-5-19-11/h2-7H,1H3,(H,18,20,21,22). The lowest BCUT2D eigenvalue weighted by Crippen LogP contribution is -2.08. The first kappa shape index (κ1) is 15.3. The average molecular weight is 337 g/mol. The van der Waals surface area contributed by atoms with Crippen LogP contribution in [0.3, 0.4) is 0 Å². The topological polar surface area (TPSA) is 63.6 Å². The summed E-state index contributed by atoms with van der Waals surface area (Å²) in [6, 6.07) is 5.82. The highest BCUT2D eigenvalue weighted by Crippen LogP contribution is 2.35. The van der Waals surface area contributed by atoms with E-state index in [4.69, 9.17) is 0 Å². The third kappa shape index (κ3) is 3.45. The highest BCUT2D eigenvalue weighted by Gasteiger charge is 2.35. The molecule has 3 aromatic rings. The van der Waals surface area contributed by atoms with E-state index in [1.807, 2.05) is 13.0 Å². The van der Waals surface area contributed by atoms with Crippen molar-refractivity contribution >= 4 is 22.5 Å². The van der Waals surface area contributed by atoms with E-state index in [0.717, 1.165) is 23.2 Å². The molecule has 3 heterocycles. The molecule has 5 nitrogen and oxygen atoms in total. The summed E-state index contributed by atoms with van der Waals surface area (Å²) in [5.74, 6) is 0.475. The average Bonchev–Trinajstić information content (AvgIpc) is 2.95. The summed E-state index contributed by atoms with van der Waals surface area (Å²) in [6.07, 6.45) is -1.61. The Morgan fingerprint density at radius 1 is 1.13 bits per heavy atom. The van der Waals surface area contributed by atoms with Gasteiger partial charge in [0.1, 0.15) is 11.5 Å². The van der Waals surface area contributed by atoms with Crippen LogP contribution < -0.4 is 5.32 Å². The van der Waals surface area contributed by atoms with Crippen molar-refractivity contribution in [3.05, 3.63) is 47.8 Å². The Hall–Kier alpha value is -2.55. The van der Waals surface area contributed by atoms with Crippen molar-refractivity contribution in [3.8, 4) is 11.5 Å². The fraction of sp³-hybridized carbons (Fsp3) is 0.143. The summed E-state index contributed by atoms with van der Waals surface area (Å²) in [5, 5.41) is 3.26. The number of hydrogen-bond acceptors (Lipinski definition) is 6. The van der Waals surface area contributed by atoms with E-state index in [0.29, 0.717) is 10.9 Å². The number of aryl methyl sites for hydroxylation is 1. The van der Waals surface area contributed by atoms with Crippen LogP contribution >= 0.6 is 11.5 Å². The Morgan fingerprint density at radius 2 is 1.96 bits per heavy atom. The first-order chi connectivity index (χ1) is 10.9. The summed E-state index contributed by atoms with van der Waals surface area (Å²) in [4.78, 5) is 11.9. The molecule has 1 N–H and O–H groups in total. The minimum absolute atomic E-state index is 0.0712. The SMILES string of the molecule is Cc1ccnc(Nc2nc(-c3ncccc3C(F)(F)F)ns2)c1. The third-order valence-corrected chi connectivity index (χ3v) is 3.53. The van der Waals surface area contributed by atoms with Gasteiger partial charge in [-0.05, 0) is 36.8 Å². The zero-order valence-electron chi connectivity index (χ0n) is 11.8. The molecule has 0 aliphatic heterocycles. The lowest BCUT2D eigenvalue weighted by atomic mass is 10.2. The Balaban J connectivity index is 1.91. The summed E-state index contributed by atoms with van der Waals surface area (Å²) < 4.78 is 43.0. The number of aromatic nitrogens is 4. The fourth-order valence-electron chi connectivity index (χ4n) is 1.90. The number of hydrogen-bond donors (Lipinski definition) is 1. The molecule has 23 heavy (non-hydrogen) atoms. The van der Waals surface area contributed by atoms with Gasteiger partial charge in [0.05, 0.1) is 5.56 Å². The van der Waals surface area contributed by atoms with Crippen molar-refractivity contribution in [2.45, 2.75) is 13.1 Å². The second-order valence-electron chi connectivity index (χ2n) is 4.66. The second-order valence-corrected chi connectivity index (χ2v) is 5.42. The van der Waals surface area contributed by atoms with Gasteiger partial charge in [-0.2, -0.15) is 22.5 Å². The van der Waals surface area contributed by atoms with Gasteiger partial charge < -0.3 is 5.32 Å². The molecule has 0 saturated carbocycles. The normalized spacial score (nSPS) is 11.5. The maximum absolute atomic E-state index is 13.0. The molecular weight excluding hydrogens is 327 g/mol. The number of rotatable bonds is 3. The number of halogens is 3. The monoisotopic (exact) mass is 337 g/mol. The first-order valence-corrected chi connectivity index (χ1v) is 7.27. The molecule has 9 heteroatoms. The molecule has 0 aliphatic carbocycles. The predicted molar refractivity (Wildman–Crippen MR) is 80.4 cm³/mol. The minimum Gasteiger partial charge on any atom is -0.315 e. The van der Waals surface area contributed by atoms with Crippen molar-refractivity contribution in [1.29, 1.82) is 0 Å². The molecule has 3 aromatic heterocycles. The van der Waals surface area contributed by atoms with E-state index in [1.54, 1.807) is 12.3 Å². The molecule has 0 saturated heterocycles. The van der Waals surface area contributed by atoms with Crippen LogP contribution in [0.5, 0.6) is 0 Å². The zero-order chi connectivity index (χ0) is 16.4. The van der Waals surface area contributed by atoms with Crippen LogP contribution in [-0.2, 0) is 6.18 Å². The van der Waals surface area contributed by atoms with Crippen molar-refractivity contribution in [2.75, 3.05) is 5.32 Å². The molecule has 0 aromatic carbocycles. The van der Waals surface area contributed by atoms with Gasteiger partial charge in [-0.25, -0.2) is 4.98 Å². The van der Waals surface area contributed by atoms with Crippen molar-refractivity contribution in [1.82, 2.24) is 19.3 Å². The summed E-state index contributed by atoms with van der Waals surface area (Å²) in [6.45, 7) is 1.90. The highest BCUT2D eigenvalue weighted by atomic mass is 32.1.